The number of alkyl carbamates (subject to hydrolysis) is 1. The van der Waals surface area contributed by atoms with Crippen molar-refractivity contribution in [2.24, 2.45) is 0 Å². The molecule has 110 valence electrons. The van der Waals surface area contributed by atoms with Gasteiger partial charge in [0.2, 0.25) is 0 Å². The Morgan fingerprint density at radius 3 is 2.80 bits per heavy atom. The first-order chi connectivity index (χ1) is 9.33. The van der Waals surface area contributed by atoms with Crippen LogP contribution in [0.15, 0.2) is 18.3 Å². The van der Waals surface area contributed by atoms with Crippen LogP contribution in [0.3, 0.4) is 0 Å². The molecule has 1 fully saturated rings. The van der Waals surface area contributed by atoms with E-state index in [1.54, 1.807) is 0 Å². The third-order valence-corrected chi connectivity index (χ3v) is 3.13. The highest BCUT2D eigenvalue weighted by atomic mass is 16.6. The number of rotatable bonds is 2. The van der Waals surface area contributed by atoms with Crippen molar-refractivity contribution in [2.45, 2.75) is 45.8 Å². The number of nitrogens with zero attached hydrogens (tertiary/aromatic N) is 2. The van der Waals surface area contributed by atoms with E-state index in [1.807, 2.05) is 40.0 Å². The smallest absolute Gasteiger partial charge is 0.407 e. The van der Waals surface area contributed by atoms with Crippen LogP contribution >= 0.6 is 0 Å². The molecule has 1 atom stereocenters. The lowest BCUT2D eigenvalue weighted by atomic mass is 10.2. The van der Waals surface area contributed by atoms with Gasteiger partial charge < -0.3 is 15.0 Å². The molecular weight excluding hydrogens is 254 g/mol. The molecule has 0 spiro atoms. The van der Waals surface area contributed by atoms with Crippen molar-refractivity contribution in [3.63, 3.8) is 0 Å². The molecule has 0 bridgehead atoms. The highest BCUT2D eigenvalue weighted by molar-refractivity contribution is 5.68. The molecule has 0 radical (unpaired) electrons. The van der Waals surface area contributed by atoms with Crippen molar-refractivity contribution in [3.8, 4) is 0 Å². The fraction of sp³-hybridized carbons (Fsp3) is 0.600. The Labute approximate surface area is 120 Å². The molecule has 1 N–H and O–H groups in total. The summed E-state index contributed by atoms with van der Waals surface area (Å²) in [4.78, 5) is 18.3. The molecule has 1 amide bonds. The number of hydrogen-bond acceptors (Lipinski definition) is 4. The summed E-state index contributed by atoms with van der Waals surface area (Å²) in [5, 5.41) is 2.92. The number of nitrogens with one attached hydrogen (secondary N) is 1. The van der Waals surface area contributed by atoms with Crippen molar-refractivity contribution in [2.75, 3.05) is 18.0 Å². The highest BCUT2D eigenvalue weighted by Crippen LogP contribution is 2.18. The summed E-state index contributed by atoms with van der Waals surface area (Å²) >= 11 is 0. The molecule has 1 aliphatic heterocycles. The van der Waals surface area contributed by atoms with E-state index in [2.05, 4.69) is 21.3 Å². The number of anilines is 1. The number of aryl methyl sites for hydroxylation is 1. The van der Waals surface area contributed by atoms with Crippen LogP contribution in [0.25, 0.3) is 0 Å². The Kier molecular flexibility index (Phi) is 4.16. The van der Waals surface area contributed by atoms with E-state index in [0.717, 1.165) is 30.9 Å². The third-order valence-electron chi connectivity index (χ3n) is 3.13. The molecule has 0 saturated carbocycles. The number of hydrogen-bond donors (Lipinski definition) is 1. The van der Waals surface area contributed by atoms with E-state index in [1.165, 1.54) is 0 Å². The van der Waals surface area contributed by atoms with Crippen molar-refractivity contribution in [1.82, 2.24) is 10.3 Å². The van der Waals surface area contributed by atoms with Crippen LogP contribution in [0.5, 0.6) is 0 Å². The molecule has 0 aliphatic carbocycles. The lowest BCUT2D eigenvalue weighted by Gasteiger charge is -2.22. The van der Waals surface area contributed by atoms with Crippen molar-refractivity contribution in [1.29, 1.82) is 0 Å². The lowest BCUT2D eigenvalue weighted by Crippen LogP contribution is -2.40. The normalized spacial score (nSPS) is 19.0. The molecule has 1 aromatic heterocycles. The van der Waals surface area contributed by atoms with Crippen LogP contribution in [-0.4, -0.2) is 35.8 Å². The van der Waals surface area contributed by atoms with Crippen LogP contribution in [0.1, 0.15) is 32.8 Å². The molecule has 2 rings (SSSR count). The predicted molar refractivity (Wildman–Crippen MR) is 79.0 cm³/mol. The lowest BCUT2D eigenvalue weighted by molar-refractivity contribution is 0.0509. The zero-order valence-corrected chi connectivity index (χ0v) is 12.6. The van der Waals surface area contributed by atoms with E-state index < -0.39 is 5.60 Å². The number of carbonyl (C=O) groups is 1. The Hall–Kier alpha value is -1.78. The second-order valence-electron chi connectivity index (χ2n) is 6.27. The Balaban J connectivity index is 1.86. The fourth-order valence-corrected chi connectivity index (χ4v) is 2.21. The predicted octanol–water partition coefficient (Wildman–Crippen LogP) is 2.49. The number of amides is 1. The molecule has 1 aliphatic rings. The van der Waals surface area contributed by atoms with Crippen LogP contribution in [-0.2, 0) is 4.74 Å². The van der Waals surface area contributed by atoms with E-state index in [0.29, 0.717) is 0 Å². The molecule has 20 heavy (non-hydrogen) atoms. The number of carbonyl (C=O) groups excluding carboxylic acids is 1. The first kappa shape index (κ1) is 14.6. The molecular formula is C15H23N3O2. The molecule has 5 nitrogen and oxygen atoms in total. The molecule has 2 heterocycles. The van der Waals surface area contributed by atoms with Gasteiger partial charge in [0.15, 0.2) is 0 Å². The fourth-order valence-electron chi connectivity index (χ4n) is 2.21. The van der Waals surface area contributed by atoms with Gasteiger partial charge in [0.1, 0.15) is 11.4 Å². The van der Waals surface area contributed by atoms with Gasteiger partial charge in [-0.1, -0.05) is 6.07 Å². The molecule has 5 heteroatoms. The van der Waals surface area contributed by atoms with E-state index >= 15 is 0 Å². The maximum absolute atomic E-state index is 11.7. The zero-order valence-electron chi connectivity index (χ0n) is 12.6. The van der Waals surface area contributed by atoms with Gasteiger partial charge in [-0.05, 0) is 45.7 Å². The first-order valence-electron chi connectivity index (χ1n) is 7.00. The maximum atomic E-state index is 11.7. The van der Waals surface area contributed by atoms with E-state index in [-0.39, 0.29) is 12.1 Å². The largest absolute Gasteiger partial charge is 0.444 e. The standard InChI is InChI=1S/C15H23N3O2/c1-11-5-6-13(16-9-11)18-8-7-12(10-18)17-14(19)20-15(2,3)4/h5-6,9,12H,7-8,10H2,1-4H3,(H,17,19). The molecule has 0 aromatic carbocycles. The summed E-state index contributed by atoms with van der Waals surface area (Å²) in [5.74, 6) is 0.962. The Morgan fingerprint density at radius 1 is 1.45 bits per heavy atom. The summed E-state index contributed by atoms with van der Waals surface area (Å²) in [6, 6.07) is 4.19. The maximum Gasteiger partial charge on any atom is 0.407 e. The minimum absolute atomic E-state index is 0.118. The van der Waals surface area contributed by atoms with Gasteiger partial charge in [0.25, 0.3) is 0 Å². The summed E-state index contributed by atoms with van der Waals surface area (Å²) < 4.78 is 5.27. The summed E-state index contributed by atoms with van der Waals surface area (Å²) in [5.41, 5.74) is 0.692. The Morgan fingerprint density at radius 2 is 2.20 bits per heavy atom. The number of ether oxygens (including phenoxy) is 1. The molecule has 1 aromatic rings. The van der Waals surface area contributed by atoms with Gasteiger partial charge in [-0.15, -0.1) is 0 Å². The van der Waals surface area contributed by atoms with Gasteiger partial charge in [0.05, 0.1) is 6.04 Å². The minimum atomic E-state index is -0.457. The average Bonchev–Trinajstić information content (AvgIpc) is 2.75. The zero-order chi connectivity index (χ0) is 14.8. The SMILES string of the molecule is Cc1ccc(N2CCC(NC(=O)OC(C)(C)C)C2)nc1. The van der Waals surface area contributed by atoms with Crippen LogP contribution in [0, 0.1) is 6.92 Å². The molecule has 1 saturated heterocycles. The number of aromatic nitrogens is 1. The third kappa shape index (κ3) is 4.11. The monoisotopic (exact) mass is 277 g/mol. The summed E-state index contributed by atoms with van der Waals surface area (Å²) in [7, 11) is 0. The van der Waals surface area contributed by atoms with Crippen molar-refractivity contribution >= 4 is 11.9 Å². The van der Waals surface area contributed by atoms with Gasteiger partial charge in [0, 0.05) is 19.3 Å². The van der Waals surface area contributed by atoms with Crippen molar-refractivity contribution < 1.29 is 9.53 Å². The van der Waals surface area contributed by atoms with Crippen molar-refractivity contribution in [3.05, 3.63) is 23.9 Å². The summed E-state index contributed by atoms with van der Waals surface area (Å²) in [6.07, 6.45) is 2.43. The minimum Gasteiger partial charge on any atom is -0.444 e. The first-order valence-corrected chi connectivity index (χ1v) is 7.00. The van der Waals surface area contributed by atoms with Gasteiger partial charge in [-0.2, -0.15) is 0 Å². The summed E-state index contributed by atoms with van der Waals surface area (Å²) in [6.45, 7) is 9.29. The van der Waals surface area contributed by atoms with Gasteiger partial charge in [-0.25, -0.2) is 9.78 Å². The highest BCUT2D eigenvalue weighted by Gasteiger charge is 2.26. The van der Waals surface area contributed by atoms with Crippen LogP contribution in [0.4, 0.5) is 10.6 Å². The quantitative estimate of drug-likeness (QED) is 0.902. The topological polar surface area (TPSA) is 54.5 Å². The van der Waals surface area contributed by atoms with Crippen LogP contribution in [0.2, 0.25) is 0 Å². The van der Waals surface area contributed by atoms with Gasteiger partial charge in [-0.3, -0.25) is 0 Å². The second-order valence-corrected chi connectivity index (χ2v) is 6.27. The second kappa shape index (κ2) is 5.69. The van der Waals surface area contributed by atoms with E-state index in [9.17, 15) is 4.79 Å². The van der Waals surface area contributed by atoms with Crippen LogP contribution < -0.4 is 10.2 Å². The van der Waals surface area contributed by atoms with E-state index in [4.69, 9.17) is 4.74 Å². The number of pyridine rings is 1. The molecule has 1 unspecified atom stereocenters. The average molecular weight is 277 g/mol. The Bertz CT molecular complexity index is 465. The van der Waals surface area contributed by atoms with Gasteiger partial charge >= 0.3 is 6.09 Å².